The molecule has 3 aromatic heterocycles. The number of halogens is 2. The van der Waals surface area contributed by atoms with Crippen LogP contribution in [0.2, 0.25) is 0 Å². The van der Waals surface area contributed by atoms with Crippen molar-refractivity contribution in [3.8, 4) is 5.75 Å². The van der Waals surface area contributed by atoms with Crippen LogP contribution in [0.5, 0.6) is 5.75 Å². The Hall–Kier alpha value is -4.72. The van der Waals surface area contributed by atoms with Crippen molar-refractivity contribution in [2.75, 3.05) is 18.4 Å². The molecule has 1 aliphatic rings. The predicted octanol–water partition coefficient (Wildman–Crippen LogP) is 6.35. The van der Waals surface area contributed by atoms with E-state index in [2.05, 4.69) is 36.2 Å². The number of pyridine rings is 2. The highest BCUT2D eigenvalue weighted by Gasteiger charge is 2.37. The van der Waals surface area contributed by atoms with Gasteiger partial charge in [-0.2, -0.15) is 8.42 Å². The molecule has 47 heavy (non-hydrogen) atoms. The summed E-state index contributed by atoms with van der Waals surface area (Å²) >= 11 is 3.58. The van der Waals surface area contributed by atoms with E-state index in [0.29, 0.717) is 59.6 Å². The van der Waals surface area contributed by atoms with Gasteiger partial charge in [-0.25, -0.2) is 14.4 Å². The third-order valence-electron chi connectivity index (χ3n) is 7.72. The lowest BCUT2D eigenvalue weighted by molar-refractivity contribution is 0.0237. The molecule has 2 aromatic carbocycles. The first kappa shape index (κ1) is 32.2. The maximum Gasteiger partial charge on any atom is 0.225 e. The number of anilines is 2. The van der Waals surface area contributed by atoms with Crippen LogP contribution in [-0.2, 0) is 33.7 Å². The number of rotatable bonds is 13. The molecule has 1 N–H and O–H groups in total. The molecule has 240 valence electrons. The molecule has 0 amide bonds. The van der Waals surface area contributed by atoms with Gasteiger partial charge in [-0.15, -0.1) is 0 Å². The number of nitrogens with zero attached hydrogens (tertiary/aromatic N) is 5. The second-order valence-electron chi connectivity index (χ2n) is 10.9. The van der Waals surface area contributed by atoms with E-state index >= 15 is 0 Å². The van der Waals surface area contributed by atoms with Crippen LogP contribution in [0.4, 0.5) is 15.9 Å². The van der Waals surface area contributed by atoms with Gasteiger partial charge in [0, 0.05) is 55.3 Å². The smallest absolute Gasteiger partial charge is 0.225 e. The molecule has 1 atom stereocenters. The summed E-state index contributed by atoms with van der Waals surface area (Å²) in [4.78, 5) is 19.8. The maximum absolute atomic E-state index is 13.5. The fourth-order valence-corrected chi connectivity index (χ4v) is 6.26. The number of fused-ring (bicyclic) bond motifs is 1. The van der Waals surface area contributed by atoms with Gasteiger partial charge in [-0.1, -0.05) is 18.2 Å². The fourth-order valence-electron chi connectivity index (χ4n) is 5.31. The minimum absolute atomic E-state index is 0.225. The molecule has 0 saturated heterocycles. The largest absolute Gasteiger partial charge is 0.489 e. The van der Waals surface area contributed by atoms with Crippen LogP contribution in [0.15, 0.2) is 102 Å². The molecule has 0 radical (unpaired) electrons. The van der Waals surface area contributed by atoms with Crippen LogP contribution in [0.3, 0.4) is 0 Å². The van der Waals surface area contributed by atoms with Crippen molar-refractivity contribution >= 4 is 54.1 Å². The summed E-state index contributed by atoms with van der Waals surface area (Å²) in [5.74, 6) is 0.877. The first-order chi connectivity index (χ1) is 22.9. The van der Waals surface area contributed by atoms with E-state index in [1.165, 1.54) is 24.0 Å². The summed E-state index contributed by atoms with van der Waals surface area (Å²) in [6.07, 6.45) is 10.1. The Morgan fingerprint density at radius 3 is 2.72 bits per heavy atom. The highest BCUT2D eigenvalue weighted by Crippen LogP contribution is 2.39. The van der Waals surface area contributed by atoms with Gasteiger partial charge in [0.2, 0.25) is 10.3 Å². The summed E-state index contributed by atoms with van der Waals surface area (Å²) in [6, 6.07) is 19.4. The molecule has 1 unspecified atom stereocenters. The average Bonchev–Trinajstić information content (AvgIpc) is 3.56. The van der Waals surface area contributed by atoms with Crippen LogP contribution < -0.4 is 10.1 Å². The Kier molecular flexibility index (Phi) is 10.1. The van der Waals surface area contributed by atoms with Gasteiger partial charge in [0.1, 0.15) is 35.8 Å². The topological polar surface area (TPSA) is 119 Å². The maximum atomic E-state index is 13.5. The molecule has 5 aromatic rings. The number of ether oxygens (including phenoxy) is 2. The molecule has 0 saturated carbocycles. The minimum atomic E-state index is -2.36. The van der Waals surface area contributed by atoms with Crippen LogP contribution >= 0.6 is 15.9 Å². The van der Waals surface area contributed by atoms with Gasteiger partial charge in [0.15, 0.2) is 5.60 Å². The van der Waals surface area contributed by atoms with Gasteiger partial charge in [0.25, 0.3) is 0 Å². The Morgan fingerprint density at radius 1 is 1.04 bits per heavy atom. The van der Waals surface area contributed by atoms with Crippen LogP contribution in [0, 0.1) is 5.82 Å². The highest BCUT2D eigenvalue weighted by atomic mass is 79.9. The van der Waals surface area contributed by atoms with Crippen molar-refractivity contribution in [1.82, 2.24) is 24.8 Å². The van der Waals surface area contributed by atoms with Crippen LogP contribution in [-0.4, -0.2) is 51.8 Å². The Labute approximate surface area is 281 Å². The normalized spacial score (nSPS) is 15.5. The molecule has 6 rings (SSSR count). The zero-order valence-corrected chi connectivity index (χ0v) is 27.5. The van der Waals surface area contributed by atoms with E-state index < -0.39 is 15.9 Å². The molecular formula is C34H30BrFN6O4S. The molecule has 0 spiro atoms. The summed E-state index contributed by atoms with van der Waals surface area (Å²) in [7, 11) is -2.36. The number of hydrogen-bond acceptors (Lipinski definition) is 9. The van der Waals surface area contributed by atoms with Crippen molar-refractivity contribution in [3.63, 3.8) is 0 Å². The van der Waals surface area contributed by atoms with E-state index in [1.807, 2.05) is 48.5 Å². The number of hydrogen-bond donors (Lipinski definition) is 1. The first-order valence-corrected chi connectivity index (χ1v) is 16.7. The standard InChI is InChI=1S/C34H30BrFN6O4S/c35-29-18-27(8-9-31(29)45-21-24-5-3-6-25(36)17-24)41-33-28-19-32(38-20-30(28)39-22-40-33)34(11-4-16-46-34)12-15-42(23-47(43)44)14-10-26-7-1-2-13-37-26/h1-9,13,16-20,22-23H,10-12,14-15,21H2,(H,39,40,41). The third kappa shape index (κ3) is 8.17. The van der Waals surface area contributed by atoms with Crippen LogP contribution in [0.1, 0.15) is 29.8 Å². The second-order valence-corrected chi connectivity index (χ2v) is 12.5. The van der Waals surface area contributed by atoms with Crippen molar-refractivity contribution in [3.05, 3.63) is 125 Å². The SMILES string of the molecule is O=S(=O)=CN(CCc1ccccn1)CCC1(c2cc3c(Nc4ccc(OCc5cccc(F)c5)c(Br)c4)ncnc3cn2)CC=CO1. The van der Waals surface area contributed by atoms with Crippen molar-refractivity contribution in [1.29, 1.82) is 0 Å². The van der Waals surface area contributed by atoms with Gasteiger partial charge >= 0.3 is 0 Å². The Balaban J connectivity index is 1.20. The van der Waals surface area contributed by atoms with Gasteiger partial charge in [-0.05, 0) is 76.1 Å². The predicted molar refractivity (Wildman–Crippen MR) is 181 cm³/mol. The molecular weight excluding hydrogens is 687 g/mol. The zero-order valence-electron chi connectivity index (χ0n) is 25.1. The van der Waals surface area contributed by atoms with E-state index in [1.54, 1.807) is 35.7 Å². The molecule has 1 aliphatic heterocycles. The third-order valence-corrected chi connectivity index (χ3v) is 8.81. The van der Waals surface area contributed by atoms with E-state index in [9.17, 15) is 12.8 Å². The lowest BCUT2D eigenvalue weighted by Crippen LogP contribution is -2.34. The first-order valence-electron chi connectivity index (χ1n) is 14.8. The molecule has 13 heteroatoms. The van der Waals surface area contributed by atoms with Crippen molar-refractivity contribution in [2.24, 2.45) is 0 Å². The Bertz CT molecular complexity index is 2030. The summed E-state index contributed by atoms with van der Waals surface area (Å²) < 4.78 is 49.6. The van der Waals surface area contributed by atoms with Gasteiger partial charge < -0.3 is 14.8 Å². The zero-order chi connectivity index (χ0) is 32.6. The molecule has 0 fully saturated rings. The minimum Gasteiger partial charge on any atom is -0.489 e. The van der Waals surface area contributed by atoms with Gasteiger partial charge in [0.05, 0.1) is 28.1 Å². The van der Waals surface area contributed by atoms with E-state index in [-0.39, 0.29) is 12.4 Å². The average molecular weight is 718 g/mol. The van der Waals surface area contributed by atoms with E-state index in [4.69, 9.17) is 14.5 Å². The highest BCUT2D eigenvalue weighted by molar-refractivity contribution is 9.10. The summed E-state index contributed by atoms with van der Waals surface area (Å²) in [6.45, 7) is 1.12. The quantitative estimate of drug-likeness (QED) is 0.138. The lowest BCUT2D eigenvalue weighted by Gasteiger charge is -2.30. The number of benzene rings is 2. The monoisotopic (exact) mass is 716 g/mol. The Morgan fingerprint density at radius 2 is 1.96 bits per heavy atom. The summed E-state index contributed by atoms with van der Waals surface area (Å²) in [5, 5.41) is 4.12. The van der Waals surface area contributed by atoms with Crippen molar-refractivity contribution < 1.29 is 22.3 Å². The molecule has 4 heterocycles. The molecule has 0 bridgehead atoms. The lowest BCUT2D eigenvalue weighted by atomic mass is 9.91. The van der Waals surface area contributed by atoms with E-state index in [0.717, 1.165) is 22.3 Å². The second kappa shape index (κ2) is 14.8. The molecule has 10 nitrogen and oxygen atoms in total. The fraction of sp³-hybridized carbons (Fsp3) is 0.206. The number of aromatic nitrogens is 4. The van der Waals surface area contributed by atoms with Crippen molar-refractivity contribution in [2.45, 2.75) is 31.5 Å². The summed E-state index contributed by atoms with van der Waals surface area (Å²) in [5.41, 5.74) is 4.10. The van der Waals surface area contributed by atoms with Gasteiger partial charge in [-0.3, -0.25) is 14.9 Å². The molecule has 0 aliphatic carbocycles. The van der Waals surface area contributed by atoms with Crippen LogP contribution in [0.25, 0.3) is 10.9 Å². The number of nitrogens with one attached hydrogen (secondary N) is 1.